The van der Waals surface area contributed by atoms with Gasteiger partial charge >= 0.3 is 0 Å². The molecule has 0 saturated carbocycles. The third-order valence-electron chi connectivity index (χ3n) is 4.75. The van der Waals surface area contributed by atoms with Gasteiger partial charge in [-0.05, 0) is 12.1 Å². The van der Waals surface area contributed by atoms with E-state index in [1.165, 1.54) is 0 Å². The van der Waals surface area contributed by atoms with Crippen LogP contribution >= 0.6 is 0 Å². The van der Waals surface area contributed by atoms with E-state index >= 15 is 0 Å². The molecule has 0 fully saturated rings. The molecule has 126 valence electrons. The van der Waals surface area contributed by atoms with Crippen LogP contribution in [0.25, 0.3) is 33.0 Å². The number of hydrogen-bond donors (Lipinski definition) is 4. The third-order valence-corrected chi connectivity index (χ3v) is 4.75. The maximum atomic E-state index is 12.6. The van der Waals surface area contributed by atoms with Crippen molar-refractivity contribution in [3.05, 3.63) is 66.0 Å². The number of imide groups is 1. The van der Waals surface area contributed by atoms with Gasteiger partial charge in [-0.3, -0.25) is 14.9 Å². The monoisotopic (exact) mass is 343 g/mol. The maximum absolute atomic E-state index is 12.6. The Kier molecular flexibility index (Phi) is 2.85. The number of aromatic nitrogens is 2. The Hall–Kier alpha value is -3.80. The van der Waals surface area contributed by atoms with E-state index in [4.69, 9.17) is 0 Å². The van der Waals surface area contributed by atoms with Gasteiger partial charge in [0.25, 0.3) is 11.8 Å². The Balaban J connectivity index is 1.85. The van der Waals surface area contributed by atoms with Crippen LogP contribution in [0.3, 0.4) is 0 Å². The number of hydrogen-bond acceptors (Lipinski definition) is 3. The lowest BCUT2D eigenvalue weighted by Gasteiger charge is -2.03. The summed E-state index contributed by atoms with van der Waals surface area (Å²) in [4.78, 5) is 31.3. The number of amides is 2. The second-order valence-corrected chi connectivity index (χ2v) is 6.18. The molecular formula is C20H13N3O3. The van der Waals surface area contributed by atoms with Crippen molar-refractivity contribution in [2.75, 3.05) is 0 Å². The first-order valence-corrected chi connectivity index (χ1v) is 8.11. The molecule has 2 aromatic carbocycles. The summed E-state index contributed by atoms with van der Waals surface area (Å²) in [6.07, 6.45) is 3.39. The first-order valence-electron chi connectivity index (χ1n) is 8.11. The summed E-state index contributed by atoms with van der Waals surface area (Å²) in [5, 5.41) is 14.0. The third kappa shape index (κ3) is 1.86. The zero-order chi connectivity index (χ0) is 17.8. The number of carbonyl (C=O) groups excluding carboxylic acids is 2. The highest BCUT2D eigenvalue weighted by molar-refractivity contribution is 6.50. The van der Waals surface area contributed by atoms with E-state index in [1.807, 2.05) is 24.3 Å². The normalized spacial score (nSPS) is 14.6. The Morgan fingerprint density at radius 1 is 0.731 bits per heavy atom. The van der Waals surface area contributed by atoms with Crippen LogP contribution in [0.2, 0.25) is 0 Å². The van der Waals surface area contributed by atoms with Gasteiger partial charge in [-0.25, -0.2) is 0 Å². The zero-order valence-corrected chi connectivity index (χ0v) is 13.5. The lowest BCUT2D eigenvalue weighted by atomic mass is 9.95. The van der Waals surface area contributed by atoms with Crippen LogP contribution < -0.4 is 5.32 Å². The minimum absolute atomic E-state index is 0.0905. The molecule has 0 bridgehead atoms. The van der Waals surface area contributed by atoms with Gasteiger partial charge in [0.2, 0.25) is 0 Å². The fourth-order valence-electron chi connectivity index (χ4n) is 3.59. The molecule has 0 saturated heterocycles. The molecule has 6 nitrogen and oxygen atoms in total. The van der Waals surface area contributed by atoms with Crippen molar-refractivity contribution < 1.29 is 14.7 Å². The standard InChI is InChI=1S/C20H13N3O3/c24-15-7-3-5-11-13(9-22-18(11)15)17-16(19(25)23-20(17)26)12-8-21-14-6-2-1-4-10(12)14/h1-9,21-22,24H,(H,23,25,26). The molecule has 3 heterocycles. The number of aromatic hydroxyl groups is 1. The summed E-state index contributed by atoms with van der Waals surface area (Å²) in [7, 11) is 0. The van der Waals surface area contributed by atoms with E-state index in [9.17, 15) is 14.7 Å². The number of rotatable bonds is 2. The highest BCUT2D eigenvalue weighted by Crippen LogP contribution is 2.38. The van der Waals surface area contributed by atoms with Crippen molar-refractivity contribution in [2.24, 2.45) is 0 Å². The predicted molar refractivity (Wildman–Crippen MR) is 98.2 cm³/mol. The van der Waals surface area contributed by atoms with Crippen molar-refractivity contribution in [1.29, 1.82) is 0 Å². The molecule has 1 aliphatic heterocycles. The molecule has 0 radical (unpaired) electrons. The van der Waals surface area contributed by atoms with Gasteiger partial charge in [0.15, 0.2) is 0 Å². The number of fused-ring (bicyclic) bond motifs is 2. The largest absolute Gasteiger partial charge is 0.506 e. The van der Waals surface area contributed by atoms with Crippen LogP contribution in [0.5, 0.6) is 5.75 Å². The zero-order valence-electron chi connectivity index (χ0n) is 13.5. The summed E-state index contributed by atoms with van der Waals surface area (Å²) >= 11 is 0. The Bertz CT molecular complexity index is 1260. The second kappa shape index (κ2) is 5.10. The number of aromatic amines is 2. The van der Waals surface area contributed by atoms with E-state index in [0.29, 0.717) is 33.2 Å². The average Bonchev–Trinajstić information content (AvgIpc) is 3.30. The number of para-hydroxylation sites is 2. The molecule has 2 aromatic heterocycles. The molecule has 0 aliphatic carbocycles. The molecule has 26 heavy (non-hydrogen) atoms. The Labute approximate surface area is 147 Å². The maximum Gasteiger partial charge on any atom is 0.259 e. The van der Waals surface area contributed by atoms with Crippen molar-refractivity contribution in [3.63, 3.8) is 0 Å². The fourth-order valence-corrected chi connectivity index (χ4v) is 3.59. The first-order chi connectivity index (χ1) is 12.6. The minimum atomic E-state index is -0.445. The fraction of sp³-hybridized carbons (Fsp3) is 0. The first kappa shape index (κ1) is 14.5. The van der Waals surface area contributed by atoms with E-state index in [0.717, 1.165) is 10.9 Å². The lowest BCUT2D eigenvalue weighted by molar-refractivity contribution is -0.122. The smallest absolute Gasteiger partial charge is 0.259 e. The van der Waals surface area contributed by atoms with E-state index in [1.54, 1.807) is 30.6 Å². The molecule has 2 amide bonds. The van der Waals surface area contributed by atoms with Gasteiger partial charge in [-0.15, -0.1) is 0 Å². The van der Waals surface area contributed by atoms with Gasteiger partial charge in [-0.2, -0.15) is 0 Å². The van der Waals surface area contributed by atoms with Crippen LogP contribution in [0.1, 0.15) is 11.1 Å². The van der Waals surface area contributed by atoms with Gasteiger partial charge in [0.1, 0.15) is 5.75 Å². The highest BCUT2D eigenvalue weighted by Gasteiger charge is 2.34. The van der Waals surface area contributed by atoms with E-state index in [2.05, 4.69) is 15.3 Å². The SMILES string of the molecule is O=C1NC(=O)C(c2c[nH]c3c(O)cccc23)=C1c1c[nH]c2ccccc12. The molecule has 6 heteroatoms. The molecule has 4 aromatic rings. The van der Waals surface area contributed by atoms with Crippen molar-refractivity contribution in [1.82, 2.24) is 15.3 Å². The van der Waals surface area contributed by atoms with Crippen LogP contribution in [0, 0.1) is 0 Å². The molecule has 0 unspecified atom stereocenters. The average molecular weight is 343 g/mol. The number of H-pyrrole nitrogens is 2. The summed E-state index contributed by atoms with van der Waals surface area (Å²) in [6.45, 7) is 0. The summed E-state index contributed by atoms with van der Waals surface area (Å²) in [6, 6.07) is 12.7. The molecule has 1 aliphatic rings. The van der Waals surface area contributed by atoms with Crippen molar-refractivity contribution in [3.8, 4) is 5.75 Å². The molecule has 0 spiro atoms. The topological polar surface area (TPSA) is 98.0 Å². The molecular weight excluding hydrogens is 330 g/mol. The van der Waals surface area contributed by atoms with Gasteiger partial charge < -0.3 is 15.1 Å². The quantitative estimate of drug-likeness (QED) is 0.421. The number of benzene rings is 2. The minimum Gasteiger partial charge on any atom is -0.506 e. The van der Waals surface area contributed by atoms with Crippen LogP contribution in [0.15, 0.2) is 54.9 Å². The predicted octanol–water partition coefficient (Wildman–Crippen LogP) is 2.92. The van der Waals surface area contributed by atoms with Crippen molar-refractivity contribution in [2.45, 2.75) is 0 Å². The van der Waals surface area contributed by atoms with E-state index in [-0.39, 0.29) is 5.75 Å². The number of phenolic OH excluding ortho intramolecular Hbond substituents is 1. The Morgan fingerprint density at radius 3 is 2.19 bits per heavy atom. The van der Waals surface area contributed by atoms with Crippen LogP contribution in [-0.2, 0) is 9.59 Å². The Morgan fingerprint density at radius 2 is 1.38 bits per heavy atom. The lowest BCUT2D eigenvalue weighted by Crippen LogP contribution is -2.22. The van der Waals surface area contributed by atoms with E-state index < -0.39 is 11.8 Å². The van der Waals surface area contributed by atoms with Gasteiger partial charge in [0, 0.05) is 39.8 Å². The summed E-state index contributed by atoms with van der Waals surface area (Å²) < 4.78 is 0. The summed E-state index contributed by atoms with van der Waals surface area (Å²) in [5.74, 6) is -0.781. The van der Waals surface area contributed by atoms with Crippen molar-refractivity contribution >= 4 is 44.8 Å². The molecule has 0 atom stereocenters. The molecule has 4 N–H and O–H groups in total. The second-order valence-electron chi connectivity index (χ2n) is 6.18. The molecule has 5 rings (SSSR count). The number of phenols is 1. The van der Waals surface area contributed by atoms with Crippen LogP contribution in [0.4, 0.5) is 0 Å². The van der Waals surface area contributed by atoms with Gasteiger partial charge in [0.05, 0.1) is 16.7 Å². The van der Waals surface area contributed by atoms with Crippen LogP contribution in [-0.4, -0.2) is 26.9 Å². The summed E-state index contributed by atoms with van der Waals surface area (Å²) in [5.41, 5.74) is 3.31. The number of nitrogens with one attached hydrogen (secondary N) is 3. The van der Waals surface area contributed by atoms with Gasteiger partial charge in [-0.1, -0.05) is 30.3 Å². The highest BCUT2D eigenvalue weighted by atomic mass is 16.3. The number of carbonyl (C=O) groups is 2.